The van der Waals surface area contributed by atoms with Gasteiger partial charge in [-0.15, -0.1) is 0 Å². The van der Waals surface area contributed by atoms with Gasteiger partial charge in [-0.1, -0.05) is 57.9 Å². The summed E-state index contributed by atoms with van der Waals surface area (Å²) in [4.78, 5) is 14.0. The fourth-order valence-electron chi connectivity index (χ4n) is 3.51. The van der Waals surface area contributed by atoms with Crippen LogP contribution in [-0.2, 0) is 14.8 Å². The summed E-state index contributed by atoms with van der Waals surface area (Å²) in [6, 6.07) is 18.0. The van der Waals surface area contributed by atoms with Crippen molar-refractivity contribution < 1.29 is 23.1 Å². The first-order valence-corrected chi connectivity index (χ1v) is 12.9. The van der Waals surface area contributed by atoms with Crippen LogP contribution in [-0.4, -0.2) is 30.1 Å². The van der Waals surface area contributed by atoms with Crippen LogP contribution in [0.5, 0.6) is 5.75 Å². The van der Waals surface area contributed by atoms with E-state index in [1.54, 1.807) is 48.6 Å². The Kier molecular flexibility index (Phi) is 7.37. The van der Waals surface area contributed by atoms with E-state index in [1.165, 1.54) is 28.2 Å². The minimum Gasteiger partial charge on any atom is -0.480 e. The highest BCUT2D eigenvalue weighted by Gasteiger charge is 2.22. The molecule has 1 aromatic heterocycles. The van der Waals surface area contributed by atoms with Crippen molar-refractivity contribution in [1.82, 2.24) is 8.88 Å². The highest BCUT2D eigenvalue weighted by Crippen LogP contribution is 2.35. The second-order valence-electron chi connectivity index (χ2n) is 7.41. The number of carbonyl (C=O) groups is 1. The lowest BCUT2D eigenvalue weighted by Crippen LogP contribution is -2.14. The summed E-state index contributed by atoms with van der Waals surface area (Å²) in [6.45, 7) is -0.612. The Balaban J connectivity index is 1.86. The number of carboxylic acid groups (broad SMARTS) is 1. The van der Waals surface area contributed by atoms with E-state index in [1.807, 2.05) is 6.07 Å². The van der Waals surface area contributed by atoms with E-state index in [4.69, 9.17) is 27.0 Å². The molecular weight excluding hydrogens is 572 g/mol. The molecule has 4 aromatic rings. The van der Waals surface area contributed by atoms with Gasteiger partial charge in [0, 0.05) is 21.5 Å². The third-order valence-electron chi connectivity index (χ3n) is 5.05. The molecule has 2 N–H and O–H groups in total. The Hall–Kier alpha value is -3.76. The minimum absolute atomic E-state index is 0.0595. The number of benzene rings is 3. The molecule has 182 valence electrons. The number of nitrogens with one attached hydrogen (secondary N) is 1. The lowest BCUT2D eigenvalue weighted by molar-refractivity contribution is -0.139. The molecule has 0 bridgehead atoms. The number of nitrogens with zero attached hydrogens (tertiary/aromatic N) is 3. The summed E-state index contributed by atoms with van der Waals surface area (Å²) in [6.07, 6.45) is 3.16. The van der Waals surface area contributed by atoms with Crippen LogP contribution in [0.15, 0.2) is 81.2 Å². The first-order chi connectivity index (χ1) is 17.2. The van der Waals surface area contributed by atoms with Crippen molar-refractivity contribution in [2.75, 3.05) is 6.61 Å². The molecule has 9 nitrogen and oxygen atoms in total. The molecule has 0 radical (unpaired) electrons. The Morgan fingerprint density at radius 2 is 1.89 bits per heavy atom. The molecule has 0 atom stereocenters. The van der Waals surface area contributed by atoms with Gasteiger partial charge in [0.15, 0.2) is 17.4 Å². The van der Waals surface area contributed by atoms with E-state index in [-0.39, 0.29) is 21.4 Å². The standard InChI is InChI=1S/C24H16BrClN4O5S/c25-17-8-6-16-10-18(30(22(16)12-17)36(33,34)19-4-2-1-3-5-19)9-7-15-11-20(26)23(35-14-24(31)32)13-21(15)28-29-27/h1-13,27H,14H2/p+1. The maximum absolute atomic E-state index is 13.6. The number of fused-ring (bicyclic) bond motifs is 1. The number of halogens is 2. The van der Waals surface area contributed by atoms with Crippen molar-refractivity contribution in [2.24, 2.45) is 5.11 Å². The van der Waals surface area contributed by atoms with Crippen molar-refractivity contribution in [3.05, 3.63) is 87.5 Å². The fourth-order valence-corrected chi connectivity index (χ4v) is 5.61. The fraction of sp³-hybridized carbons (Fsp3) is 0.0417. The van der Waals surface area contributed by atoms with Gasteiger partial charge in [0.05, 0.1) is 21.1 Å². The van der Waals surface area contributed by atoms with E-state index >= 15 is 0 Å². The van der Waals surface area contributed by atoms with E-state index in [0.717, 1.165) is 4.47 Å². The van der Waals surface area contributed by atoms with Crippen LogP contribution in [0.3, 0.4) is 0 Å². The number of aromatic nitrogens is 1. The van der Waals surface area contributed by atoms with Gasteiger partial charge in [0.1, 0.15) is 11.3 Å². The van der Waals surface area contributed by atoms with E-state index in [0.29, 0.717) is 22.2 Å². The number of ether oxygens (including phenoxy) is 1. The Labute approximate surface area is 219 Å². The number of aliphatic carboxylic acids is 1. The van der Waals surface area contributed by atoms with Crippen molar-refractivity contribution >= 4 is 72.3 Å². The average molecular weight is 589 g/mol. The molecule has 0 saturated heterocycles. The summed E-state index contributed by atoms with van der Waals surface area (Å²) in [5.41, 5.74) is 8.55. The quantitative estimate of drug-likeness (QED) is 0.189. The second kappa shape index (κ2) is 10.5. The monoisotopic (exact) mass is 587 g/mol. The van der Waals surface area contributed by atoms with Crippen LogP contribution in [0.25, 0.3) is 23.1 Å². The lowest BCUT2D eigenvalue weighted by atomic mass is 10.1. The Morgan fingerprint density at radius 1 is 1.14 bits per heavy atom. The SMILES string of the molecule is N=[N+]=Nc1cc(OCC(=O)O)c(Cl)cc1C=Cc1cc2ccc(Br)cc2n1S(=O)(=O)c1ccccc1. The van der Waals surface area contributed by atoms with Gasteiger partial charge in [0.25, 0.3) is 10.0 Å². The van der Waals surface area contributed by atoms with Crippen molar-refractivity contribution in [2.45, 2.75) is 4.90 Å². The maximum Gasteiger partial charge on any atom is 0.341 e. The van der Waals surface area contributed by atoms with Gasteiger partial charge in [-0.25, -0.2) is 17.2 Å². The number of carboxylic acids is 1. The molecule has 4 rings (SSSR count). The van der Waals surface area contributed by atoms with Crippen LogP contribution in [0.4, 0.5) is 5.69 Å². The van der Waals surface area contributed by atoms with Crippen LogP contribution in [0, 0.1) is 5.53 Å². The number of hydrogen-bond donors (Lipinski definition) is 2. The van der Waals surface area contributed by atoms with Crippen molar-refractivity contribution in [3.8, 4) is 5.75 Å². The summed E-state index contributed by atoms with van der Waals surface area (Å²) in [5.74, 6) is -1.12. The molecule has 3 aromatic carbocycles. The topological polar surface area (TPSA) is 136 Å². The van der Waals surface area contributed by atoms with E-state index < -0.39 is 22.6 Å². The van der Waals surface area contributed by atoms with Crippen molar-refractivity contribution in [1.29, 1.82) is 5.53 Å². The zero-order chi connectivity index (χ0) is 25.9. The summed E-state index contributed by atoms with van der Waals surface area (Å²) >= 11 is 9.66. The number of rotatable bonds is 8. The zero-order valence-corrected chi connectivity index (χ0v) is 21.5. The van der Waals surface area contributed by atoms with Gasteiger partial charge < -0.3 is 9.84 Å². The Morgan fingerprint density at radius 3 is 2.58 bits per heavy atom. The lowest BCUT2D eigenvalue weighted by Gasteiger charge is -2.11. The van der Waals surface area contributed by atoms with Crippen LogP contribution in [0.2, 0.25) is 5.02 Å². The van der Waals surface area contributed by atoms with Gasteiger partial charge in [-0.2, -0.15) is 0 Å². The summed E-state index contributed by atoms with van der Waals surface area (Å²) in [7, 11) is -3.95. The highest BCUT2D eigenvalue weighted by atomic mass is 79.9. The molecule has 12 heteroatoms. The maximum atomic E-state index is 13.6. The molecular formula is C24H17BrClN4O5S+. The van der Waals surface area contributed by atoms with Gasteiger partial charge in [0.2, 0.25) is 4.91 Å². The molecule has 0 amide bonds. The van der Waals surface area contributed by atoms with E-state index in [2.05, 4.69) is 26.0 Å². The largest absolute Gasteiger partial charge is 0.480 e. The third-order valence-corrected chi connectivity index (χ3v) is 7.60. The van der Waals surface area contributed by atoms with Gasteiger partial charge >= 0.3 is 5.97 Å². The molecule has 0 saturated carbocycles. The molecule has 0 unspecified atom stereocenters. The third kappa shape index (κ3) is 5.24. The van der Waals surface area contributed by atoms with Crippen molar-refractivity contribution in [3.63, 3.8) is 0 Å². The number of hydrogen-bond acceptors (Lipinski definition) is 6. The molecule has 0 aliphatic rings. The highest BCUT2D eigenvalue weighted by molar-refractivity contribution is 9.10. The molecule has 0 aliphatic carbocycles. The molecule has 0 fully saturated rings. The van der Waals surface area contributed by atoms with Gasteiger partial charge in [-0.3, -0.25) is 0 Å². The van der Waals surface area contributed by atoms with Crippen LogP contribution >= 0.6 is 27.5 Å². The smallest absolute Gasteiger partial charge is 0.341 e. The first-order valence-electron chi connectivity index (χ1n) is 10.3. The molecule has 1 heterocycles. The molecule has 0 aliphatic heterocycles. The van der Waals surface area contributed by atoms with E-state index in [9.17, 15) is 13.2 Å². The Bertz CT molecular complexity index is 1660. The summed E-state index contributed by atoms with van der Waals surface area (Å²) in [5, 5.41) is 13.4. The summed E-state index contributed by atoms with van der Waals surface area (Å²) < 4.78 is 34.4. The normalized spacial score (nSPS) is 11.5. The predicted octanol–water partition coefficient (Wildman–Crippen LogP) is 6.11. The second-order valence-corrected chi connectivity index (χ2v) is 10.5. The van der Waals surface area contributed by atoms with Crippen LogP contribution < -0.4 is 9.65 Å². The minimum atomic E-state index is -3.95. The molecule has 0 spiro atoms. The zero-order valence-electron chi connectivity index (χ0n) is 18.3. The first kappa shape index (κ1) is 25.3. The van der Waals surface area contributed by atoms with Crippen LogP contribution in [0.1, 0.15) is 11.3 Å². The molecule has 36 heavy (non-hydrogen) atoms. The van der Waals surface area contributed by atoms with Gasteiger partial charge in [-0.05, 0) is 42.5 Å². The average Bonchev–Trinajstić information content (AvgIpc) is 3.22. The predicted molar refractivity (Wildman–Crippen MR) is 139 cm³/mol.